The van der Waals surface area contributed by atoms with Gasteiger partial charge < -0.3 is 15.1 Å². The molecule has 2 N–H and O–H groups in total. The average molecular weight is 460 g/mol. The lowest BCUT2D eigenvalue weighted by Gasteiger charge is -2.05. The minimum absolute atomic E-state index is 0.0564. The molecular formula is C25H21N3O4S. The number of Topliss-reactive ketones (excluding diaryl/α,β-unsaturated/α-hetero) is 1. The fourth-order valence-electron chi connectivity index (χ4n) is 3.16. The molecule has 0 aliphatic rings. The van der Waals surface area contributed by atoms with E-state index in [1.165, 1.54) is 11.3 Å². The molecule has 0 aliphatic heterocycles. The Morgan fingerprint density at radius 3 is 2.48 bits per heavy atom. The molecular weight excluding hydrogens is 438 g/mol. The van der Waals surface area contributed by atoms with Crippen molar-refractivity contribution in [2.24, 2.45) is 0 Å². The van der Waals surface area contributed by atoms with E-state index in [-0.39, 0.29) is 12.5 Å². The van der Waals surface area contributed by atoms with Gasteiger partial charge in [-0.05, 0) is 44.2 Å². The number of oxazole rings is 1. The van der Waals surface area contributed by atoms with Crippen LogP contribution < -0.4 is 10.6 Å². The van der Waals surface area contributed by atoms with E-state index < -0.39 is 11.7 Å². The number of anilines is 1. The first kappa shape index (κ1) is 22.2. The third-order valence-corrected chi connectivity index (χ3v) is 5.88. The number of carbonyl (C=O) groups excluding carboxylic acids is 3. The molecule has 0 saturated heterocycles. The number of rotatable bonds is 7. The molecule has 2 heterocycles. The van der Waals surface area contributed by atoms with Crippen LogP contribution in [0.25, 0.3) is 11.5 Å². The van der Waals surface area contributed by atoms with Crippen molar-refractivity contribution in [2.45, 2.75) is 20.4 Å². The Labute approximate surface area is 194 Å². The van der Waals surface area contributed by atoms with E-state index in [1.807, 2.05) is 19.1 Å². The van der Waals surface area contributed by atoms with Crippen molar-refractivity contribution in [2.75, 3.05) is 5.32 Å². The lowest BCUT2D eigenvalue weighted by atomic mass is 10.1. The van der Waals surface area contributed by atoms with Crippen LogP contribution in [-0.2, 0) is 11.3 Å². The number of nitrogens with one attached hydrogen (secondary N) is 2. The lowest BCUT2D eigenvalue weighted by Crippen LogP contribution is -2.30. The highest BCUT2D eigenvalue weighted by molar-refractivity contribution is 7.14. The van der Waals surface area contributed by atoms with E-state index in [1.54, 1.807) is 61.5 Å². The van der Waals surface area contributed by atoms with Gasteiger partial charge in [-0.2, -0.15) is 0 Å². The second-order valence-electron chi connectivity index (χ2n) is 7.34. The Morgan fingerprint density at radius 1 is 0.970 bits per heavy atom. The van der Waals surface area contributed by atoms with Crippen molar-refractivity contribution in [3.05, 3.63) is 93.5 Å². The lowest BCUT2D eigenvalue weighted by molar-refractivity contribution is -0.117. The van der Waals surface area contributed by atoms with Crippen LogP contribution in [0.1, 0.15) is 36.4 Å². The zero-order chi connectivity index (χ0) is 23.4. The predicted octanol–water partition coefficient (Wildman–Crippen LogP) is 4.77. The number of hydrogen-bond acceptors (Lipinski definition) is 6. The molecule has 4 rings (SSSR count). The number of nitrogens with zero attached hydrogens (tertiary/aromatic N) is 1. The Balaban J connectivity index is 1.43. The molecule has 2 amide bonds. The van der Waals surface area contributed by atoms with Gasteiger partial charge in [0.05, 0.1) is 11.4 Å². The van der Waals surface area contributed by atoms with Crippen molar-refractivity contribution in [3.63, 3.8) is 0 Å². The van der Waals surface area contributed by atoms with Gasteiger partial charge in [0, 0.05) is 21.7 Å². The topological polar surface area (TPSA) is 101 Å². The van der Waals surface area contributed by atoms with E-state index >= 15 is 0 Å². The van der Waals surface area contributed by atoms with Crippen LogP contribution in [0.3, 0.4) is 0 Å². The zero-order valence-corrected chi connectivity index (χ0v) is 18.9. The molecule has 4 aromatic rings. The van der Waals surface area contributed by atoms with Crippen LogP contribution >= 0.6 is 11.3 Å². The monoisotopic (exact) mass is 459 g/mol. The van der Waals surface area contributed by atoms with Gasteiger partial charge in [0.15, 0.2) is 0 Å². The fourth-order valence-corrected chi connectivity index (χ4v) is 3.92. The number of aryl methyl sites for hydroxylation is 2. The number of amides is 2. The Bertz CT molecular complexity index is 1320. The number of aromatic nitrogens is 1. The summed E-state index contributed by atoms with van der Waals surface area (Å²) in [6, 6.07) is 19.2. The molecule has 0 unspecified atom stereocenters. The summed E-state index contributed by atoms with van der Waals surface area (Å²) in [6.07, 6.45) is 0. The van der Waals surface area contributed by atoms with E-state index in [4.69, 9.17) is 4.42 Å². The largest absolute Gasteiger partial charge is 0.441 e. The number of carbonyl (C=O) groups is 3. The summed E-state index contributed by atoms with van der Waals surface area (Å²) < 4.78 is 5.77. The first-order chi connectivity index (χ1) is 15.9. The van der Waals surface area contributed by atoms with Crippen LogP contribution in [0, 0.1) is 13.8 Å². The van der Waals surface area contributed by atoms with Crippen molar-refractivity contribution in [1.29, 1.82) is 0 Å². The number of hydrogen-bond donors (Lipinski definition) is 2. The Kier molecular flexibility index (Phi) is 6.46. The molecule has 0 spiro atoms. The fraction of sp³-hybridized carbons (Fsp3) is 0.120. The molecule has 0 fully saturated rings. The normalized spacial score (nSPS) is 10.6. The van der Waals surface area contributed by atoms with Gasteiger partial charge in [-0.3, -0.25) is 14.4 Å². The predicted molar refractivity (Wildman–Crippen MR) is 126 cm³/mol. The van der Waals surface area contributed by atoms with Crippen LogP contribution in [0.4, 0.5) is 5.69 Å². The molecule has 0 bridgehead atoms. The van der Waals surface area contributed by atoms with Gasteiger partial charge in [0.2, 0.25) is 11.7 Å². The summed E-state index contributed by atoms with van der Waals surface area (Å²) in [7, 11) is 0. The van der Waals surface area contributed by atoms with Crippen LogP contribution in [0.15, 0.2) is 71.1 Å². The van der Waals surface area contributed by atoms with Gasteiger partial charge in [-0.25, -0.2) is 4.98 Å². The maximum atomic E-state index is 12.4. The average Bonchev–Trinajstić information content (AvgIpc) is 3.43. The zero-order valence-electron chi connectivity index (χ0n) is 18.0. The minimum Gasteiger partial charge on any atom is -0.441 e. The van der Waals surface area contributed by atoms with Gasteiger partial charge in [-0.15, -0.1) is 11.3 Å². The third-order valence-electron chi connectivity index (χ3n) is 4.88. The maximum absolute atomic E-state index is 12.4. The molecule has 0 atom stereocenters. The minimum atomic E-state index is -0.710. The summed E-state index contributed by atoms with van der Waals surface area (Å²) in [5, 5.41) is 5.47. The summed E-state index contributed by atoms with van der Waals surface area (Å²) >= 11 is 1.43. The molecule has 33 heavy (non-hydrogen) atoms. The number of ketones is 1. The van der Waals surface area contributed by atoms with E-state index in [2.05, 4.69) is 15.6 Å². The molecule has 0 radical (unpaired) electrons. The second kappa shape index (κ2) is 9.62. The first-order valence-electron chi connectivity index (χ1n) is 10.2. The highest BCUT2D eigenvalue weighted by atomic mass is 32.1. The molecule has 2 aromatic heterocycles. The summed E-state index contributed by atoms with van der Waals surface area (Å²) in [6.45, 7) is 3.74. The van der Waals surface area contributed by atoms with Crippen molar-refractivity contribution in [1.82, 2.24) is 10.3 Å². The van der Waals surface area contributed by atoms with Crippen LogP contribution in [0.5, 0.6) is 0 Å². The van der Waals surface area contributed by atoms with Crippen molar-refractivity contribution in [3.8, 4) is 11.5 Å². The molecule has 166 valence electrons. The van der Waals surface area contributed by atoms with Crippen LogP contribution in [-0.4, -0.2) is 22.6 Å². The second-order valence-corrected chi connectivity index (χ2v) is 8.63. The smallest absolute Gasteiger partial charge is 0.292 e. The van der Waals surface area contributed by atoms with Gasteiger partial charge in [-0.1, -0.05) is 36.4 Å². The first-order valence-corrected chi connectivity index (χ1v) is 11.0. The quantitative estimate of drug-likeness (QED) is 0.306. The SMILES string of the molecule is Cc1ccc(C(=O)Nc2cccc(-c3nc(CNC(=O)C(=O)c4ccccc4)c(C)o3)c2)s1. The van der Waals surface area contributed by atoms with Crippen molar-refractivity contribution >= 4 is 34.6 Å². The highest BCUT2D eigenvalue weighted by Crippen LogP contribution is 2.25. The number of benzene rings is 2. The van der Waals surface area contributed by atoms with E-state index in [9.17, 15) is 14.4 Å². The van der Waals surface area contributed by atoms with Gasteiger partial charge in [0.1, 0.15) is 11.5 Å². The highest BCUT2D eigenvalue weighted by Gasteiger charge is 2.18. The molecule has 0 aliphatic carbocycles. The Morgan fingerprint density at radius 2 is 1.76 bits per heavy atom. The third kappa shape index (κ3) is 5.24. The Hall–Kier alpha value is -4.04. The molecule has 7 nitrogen and oxygen atoms in total. The van der Waals surface area contributed by atoms with E-state index in [0.29, 0.717) is 39.0 Å². The maximum Gasteiger partial charge on any atom is 0.292 e. The molecule has 8 heteroatoms. The van der Waals surface area contributed by atoms with Gasteiger partial charge >= 0.3 is 0 Å². The van der Waals surface area contributed by atoms with E-state index in [0.717, 1.165) is 4.88 Å². The summed E-state index contributed by atoms with van der Waals surface area (Å²) in [4.78, 5) is 43.0. The standard InChI is InChI=1S/C25H21N3O4S/c1-15-11-12-21(33-15)23(30)27-19-10-6-9-18(13-19)25-28-20(16(2)32-25)14-26-24(31)22(29)17-7-4-3-5-8-17/h3-13H,14H2,1-2H3,(H,26,31)(H,27,30). The summed E-state index contributed by atoms with van der Waals surface area (Å²) in [5.41, 5.74) is 2.13. The number of thiophene rings is 1. The molecule has 2 aromatic carbocycles. The summed E-state index contributed by atoms with van der Waals surface area (Å²) in [5.74, 6) is -0.615. The molecule has 0 saturated carbocycles. The van der Waals surface area contributed by atoms with Crippen molar-refractivity contribution < 1.29 is 18.8 Å². The van der Waals surface area contributed by atoms with Gasteiger partial charge in [0.25, 0.3) is 11.8 Å². The van der Waals surface area contributed by atoms with Crippen LogP contribution in [0.2, 0.25) is 0 Å².